The van der Waals surface area contributed by atoms with Crippen molar-refractivity contribution in [1.29, 1.82) is 0 Å². The monoisotopic (exact) mass is 380 g/mol. The van der Waals surface area contributed by atoms with Crippen molar-refractivity contribution in [1.82, 2.24) is 9.88 Å². The molecule has 0 spiro atoms. The average Bonchev–Trinajstić information content (AvgIpc) is 3.05. The van der Waals surface area contributed by atoms with E-state index in [4.69, 9.17) is 4.98 Å². The van der Waals surface area contributed by atoms with Gasteiger partial charge in [0.25, 0.3) is 0 Å². The van der Waals surface area contributed by atoms with Crippen LogP contribution in [0.2, 0.25) is 0 Å². The molecule has 1 aliphatic rings. The van der Waals surface area contributed by atoms with E-state index < -0.39 is 10.0 Å². The van der Waals surface area contributed by atoms with Gasteiger partial charge in [0.2, 0.25) is 10.0 Å². The number of aromatic nitrogens is 1. The Balaban J connectivity index is 1.77. The minimum atomic E-state index is -3.25. The third kappa shape index (κ3) is 4.13. The first kappa shape index (κ1) is 18.2. The summed E-state index contributed by atoms with van der Waals surface area (Å²) in [6.07, 6.45) is 1.23. The summed E-state index contributed by atoms with van der Waals surface area (Å²) in [5.41, 5.74) is 2.63. The van der Waals surface area contributed by atoms with Gasteiger partial charge in [0, 0.05) is 43.7 Å². The number of rotatable bonds is 5. The summed E-state index contributed by atoms with van der Waals surface area (Å²) in [6.45, 7) is 6.37. The first-order valence-corrected chi connectivity index (χ1v) is 11.1. The van der Waals surface area contributed by atoms with E-state index in [1.807, 2.05) is 31.2 Å². The molecule has 0 radical (unpaired) electrons. The minimum Gasteiger partial charge on any atom is -0.346 e. The van der Waals surface area contributed by atoms with Crippen molar-refractivity contribution in [3.05, 3.63) is 29.6 Å². The maximum atomic E-state index is 11.8. The summed E-state index contributed by atoms with van der Waals surface area (Å²) >= 11 is 1.66. The molecular formula is C17H24N4O2S2. The highest BCUT2D eigenvalue weighted by Gasteiger charge is 2.18. The number of hydrogen-bond donors (Lipinski definition) is 0. The smallest absolute Gasteiger partial charge is 0.232 e. The fourth-order valence-electron chi connectivity index (χ4n) is 2.95. The lowest BCUT2D eigenvalue weighted by Crippen LogP contribution is -2.44. The predicted molar refractivity (Wildman–Crippen MR) is 105 cm³/mol. The minimum absolute atomic E-state index is 0.419. The fraction of sp³-hybridized carbons (Fsp3) is 0.471. The fourth-order valence-corrected chi connectivity index (χ4v) is 4.81. The first-order chi connectivity index (χ1) is 11.9. The van der Waals surface area contributed by atoms with Gasteiger partial charge in [-0.15, -0.1) is 11.3 Å². The van der Waals surface area contributed by atoms with Gasteiger partial charge in [0.1, 0.15) is 0 Å². The number of piperazine rings is 1. The Kier molecular flexibility index (Phi) is 5.31. The van der Waals surface area contributed by atoms with Gasteiger partial charge in [-0.25, -0.2) is 13.4 Å². The Hall–Kier alpha value is -1.64. The van der Waals surface area contributed by atoms with Crippen LogP contribution in [0.15, 0.2) is 29.6 Å². The van der Waals surface area contributed by atoms with Crippen LogP contribution in [0, 0.1) is 0 Å². The van der Waals surface area contributed by atoms with Crippen LogP contribution in [0.5, 0.6) is 0 Å². The Labute approximate surface area is 153 Å². The zero-order chi connectivity index (χ0) is 18.0. The molecule has 136 valence electrons. The van der Waals surface area contributed by atoms with Gasteiger partial charge in [-0.2, -0.15) is 0 Å². The number of thiazole rings is 1. The van der Waals surface area contributed by atoms with Gasteiger partial charge in [-0.1, -0.05) is 12.1 Å². The highest BCUT2D eigenvalue weighted by Crippen LogP contribution is 2.29. The van der Waals surface area contributed by atoms with E-state index in [9.17, 15) is 8.42 Å². The largest absolute Gasteiger partial charge is 0.346 e. The summed E-state index contributed by atoms with van der Waals surface area (Å²) in [4.78, 5) is 9.42. The van der Waals surface area contributed by atoms with Gasteiger partial charge in [-0.05, 0) is 26.1 Å². The van der Waals surface area contributed by atoms with Gasteiger partial charge in [0.15, 0.2) is 5.13 Å². The molecule has 0 saturated carbocycles. The number of sulfonamides is 1. The summed E-state index contributed by atoms with van der Waals surface area (Å²) in [5, 5.41) is 3.12. The maximum absolute atomic E-state index is 11.8. The van der Waals surface area contributed by atoms with E-state index >= 15 is 0 Å². The van der Waals surface area contributed by atoms with Crippen molar-refractivity contribution < 1.29 is 8.42 Å². The molecule has 8 heteroatoms. The summed E-state index contributed by atoms with van der Waals surface area (Å²) < 4.78 is 25.0. The number of hydrogen-bond acceptors (Lipinski definition) is 6. The lowest BCUT2D eigenvalue weighted by Gasteiger charge is -2.32. The van der Waals surface area contributed by atoms with Crippen molar-refractivity contribution in [2.45, 2.75) is 6.92 Å². The molecule has 1 aromatic carbocycles. The van der Waals surface area contributed by atoms with E-state index in [-0.39, 0.29) is 0 Å². The quantitative estimate of drug-likeness (QED) is 0.797. The van der Waals surface area contributed by atoms with Gasteiger partial charge < -0.3 is 9.80 Å². The van der Waals surface area contributed by atoms with Crippen molar-refractivity contribution in [3.8, 4) is 11.3 Å². The summed E-state index contributed by atoms with van der Waals surface area (Å²) in [6, 6.07) is 7.56. The highest BCUT2D eigenvalue weighted by atomic mass is 32.2. The molecule has 0 bridgehead atoms. The second-order valence-corrected chi connectivity index (χ2v) is 9.02. The topological polar surface area (TPSA) is 56.8 Å². The van der Waals surface area contributed by atoms with Crippen LogP contribution < -0.4 is 9.21 Å². The second-order valence-electron chi connectivity index (χ2n) is 6.28. The second kappa shape index (κ2) is 7.31. The molecule has 0 N–H and O–H groups in total. The molecule has 1 fully saturated rings. The van der Waals surface area contributed by atoms with Crippen LogP contribution in [-0.4, -0.2) is 64.3 Å². The van der Waals surface area contributed by atoms with Crippen LogP contribution >= 0.6 is 11.3 Å². The van der Waals surface area contributed by atoms with Crippen molar-refractivity contribution >= 4 is 32.2 Å². The predicted octanol–water partition coefficient (Wildman–Crippen LogP) is 2.35. The van der Waals surface area contributed by atoms with E-state index in [2.05, 4.69) is 22.2 Å². The standard InChI is InChI=1S/C17H24N4O2S2/c1-4-21(25(3,22)23)15-7-5-14(6-8-15)16-13-24-17(18-16)20-11-9-19(2)10-12-20/h5-8,13H,4,9-12H2,1-3H3. The first-order valence-electron chi connectivity index (χ1n) is 8.35. The van der Waals surface area contributed by atoms with Crippen LogP contribution in [0.25, 0.3) is 11.3 Å². The van der Waals surface area contributed by atoms with Crippen LogP contribution in [0.4, 0.5) is 10.8 Å². The Bertz CT molecular complexity index is 809. The van der Waals surface area contributed by atoms with Crippen molar-refractivity contribution in [2.24, 2.45) is 0 Å². The van der Waals surface area contributed by atoms with Crippen LogP contribution in [0.1, 0.15) is 6.92 Å². The molecule has 2 aromatic rings. The molecular weight excluding hydrogens is 356 g/mol. The molecule has 3 rings (SSSR count). The lowest BCUT2D eigenvalue weighted by atomic mass is 10.1. The van der Waals surface area contributed by atoms with E-state index in [1.54, 1.807) is 11.3 Å². The summed E-state index contributed by atoms with van der Waals surface area (Å²) in [7, 11) is -1.11. The highest BCUT2D eigenvalue weighted by molar-refractivity contribution is 7.92. The van der Waals surface area contributed by atoms with Gasteiger partial charge in [-0.3, -0.25) is 4.31 Å². The third-order valence-corrected chi connectivity index (χ3v) is 6.58. The van der Waals surface area contributed by atoms with Crippen molar-refractivity contribution in [2.75, 3.05) is 55.2 Å². The molecule has 0 atom stereocenters. The zero-order valence-corrected chi connectivity index (χ0v) is 16.5. The number of nitrogens with zero attached hydrogens (tertiary/aromatic N) is 4. The van der Waals surface area contributed by atoms with Crippen LogP contribution in [-0.2, 0) is 10.0 Å². The van der Waals surface area contributed by atoms with E-state index in [0.717, 1.165) is 42.6 Å². The zero-order valence-electron chi connectivity index (χ0n) is 14.8. The van der Waals surface area contributed by atoms with E-state index in [1.165, 1.54) is 10.6 Å². The van der Waals surface area contributed by atoms with Gasteiger partial charge >= 0.3 is 0 Å². The normalized spacial score (nSPS) is 16.2. The molecule has 1 aromatic heterocycles. The summed E-state index contributed by atoms with van der Waals surface area (Å²) in [5.74, 6) is 0. The van der Waals surface area contributed by atoms with Crippen LogP contribution in [0.3, 0.4) is 0 Å². The molecule has 0 amide bonds. The SMILES string of the molecule is CCN(c1ccc(-c2csc(N3CCN(C)CC3)n2)cc1)S(C)(=O)=O. The molecule has 2 heterocycles. The Morgan fingerprint density at radius 1 is 1.16 bits per heavy atom. The number of anilines is 2. The molecule has 0 aliphatic carbocycles. The molecule has 25 heavy (non-hydrogen) atoms. The van der Waals surface area contributed by atoms with Gasteiger partial charge in [0.05, 0.1) is 17.6 Å². The third-order valence-electron chi connectivity index (χ3n) is 4.40. The van der Waals surface area contributed by atoms with Crippen molar-refractivity contribution in [3.63, 3.8) is 0 Å². The molecule has 1 aliphatic heterocycles. The molecule has 1 saturated heterocycles. The Morgan fingerprint density at radius 3 is 2.36 bits per heavy atom. The Morgan fingerprint density at radius 2 is 1.80 bits per heavy atom. The molecule has 6 nitrogen and oxygen atoms in total. The maximum Gasteiger partial charge on any atom is 0.232 e. The number of likely N-dealkylation sites (N-methyl/N-ethyl adjacent to an activating group) is 1. The molecule has 0 unspecified atom stereocenters. The average molecular weight is 381 g/mol. The number of benzene rings is 1. The van der Waals surface area contributed by atoms with E-state index in [0.29, 0.717) is 12.2 Å². The lowest BCUT2D eigenvalue weighted by molar-refractivity contribution is 0.313.